The minimum atomic E-state index is -1.04. The van der Waals surface area contributed by atoms with Crippen LogP contribution in [0.3, 0.4) is 0 Å². The average molecular weight is 439 g/mol. The molecule has 33 heavy (non-hydrogen) atoms. The topological polar surface area (TPSA) is 64.3 Å². The second kappa shape index (κ2) is 8.26. The monoisotopic (exact) mass is 439 g/mol. The van der Waals surface area contributed by atoms with E-state index in [9.17, 15) is 4.39 Å². The van der Waals surface area contributed by atoms with Gasteiger partial charge in [-0.25, -0.2) is 14.4 Å². The van der Waals surface area contributed by atoms with Crippen LogP contribution in [-0.4, -0.2) is 44.7 Å². The third kappa shape index (κ3) is 3.70. The van der Waals surface area contributed by atoms with E-state index in [1.807, 2.05) is 77.6 Å². The van der Waals surface area contributed by atoms with Crippen molar-refractivity contribution in [2.24, 2.45) is 0 Å². The second-order valence-corrected chi connectivity index (χ2v) is 8.22. The Balaban J connectivity index is 1.39. The highest BCUT2D eigenvalue weighted by Gasteiger charge is 2.27. The predicted molar refractivity (Wildman–Crippen MR) is 126 cm³/mol. The number of piperidine rings is 1. The Hall–Kier alpha value is -3.84. The molecular formula is C26H22FN5O. The maximum absolute atomic E-state index is 14.3. The molecule has 0 spiro atoms. The van der Waals surface area contributed by atoms with E-state index in [0.717, 1.165) is 45.6 Å². The zero-order chi connectivity index (χ0) is 22.2. The number of nitrogens with one attached hydrogen (secondary N) is 1. The minimum absolute atomic E-state index is 0.316. The molecule has 1 fully saturated rings. The molecule has 0 bridgehead atoms. The number of halogens is 1. The number of hydrogen-bond acceptors (Lipinski definition) is 5. The first-order valence-corrected chi connectivity index (χ1v) is 11.1. The van der Waals surface area contributed by atoms with Gasteiger partial charge in [0.15, 0.2) is 0 Å². The van der Waals surface area contributed by atoms with Crippen molar-refractivity contribution in [2.75, 3.05) is 13.1 Å². The van der Waals surface area contributed by atoms with Crippen LogP contribution in [0.1, 0.15) is 6.42 Å². The number of rotatable bonds is 4. The standard InChI is InChI=1S/C26H22FN5O/c27-20-15-29-11-8-23(20)33-24-5-1-3-17-6-7-21(31-26(17)24)22-16-30-25-13-18(9-12-32(22)25)19-4-2-10-28-14-19/h1-7,9-10,12-14,16,20,23,29H,8,11,15H2/t20-,23-/m0/s1. The second-order valence-electron chi connectivity index (χ2n) is 8.22. The lowest BCUT2D eigenvalue weighted by atomic mass is 10.1. The van der Waals surface area contributed by atoms with Gasteiger partial charge in [-0.3, -0.25) is 9.38 Å². The van der Waals surface area contributed by atoms with E-state index in [0.29, 0.717) is 18.7 Å². The van der Waals surface area contributed by atoms with Crippen molar-refractivity contribution < 1.29 is 9.13 Å². The Kier molecular flexibility index (Phi) is 4.96. The number of pyridine rings is 3. The molecule has 0 aliphatic carbocycles. The summed E-state index contributed by atoms with van der Waals surface area (Å²) in [5, 5.41) is 4.01. The fraction of sp³-hybridized carbons (Fsp3) is 0.192. The molecule has 5 aromatic rings. The smallest absolute Gasteiger partial charge is 0.149 e. The molecule has 7 heteroatoms. The third-order valence-electron chi connectivity index (χ3n) is 6.08. The maximum atomic E-state index is 14.3. The summed E-state index contributed by atoms with van der Waals surface area (Å²) in [6, 6.07) is 17.8. The molecule has 1 N–H and O–H groups in total. The quantitative estimate of drug-likeness (QED) is 0.440. The van der Waals surface area contributed by atoms with Crippen LogP contribution in [0.2, 0.25) is 0 Å². The predicted octanol–water partition coefficient (Wildman–Crippen LogP) is 4.69. The van der Waals surface area contributed by atoms with E-state index < -0.39 is 12.3 Å². The van der Waals surface area contributed by atoms with Gasteiger partial charge in [0, 0.05) is 36.1 Å². The van der Waals surface area contributed by atoms with Crippen LogP contribution in [0.5, 0.6) is 5.75 Å². The molecule has 164 valence electrons. The lowest BCUT2D eigenvalue weighted by Crippen LogP contribution is -2.44. The molecule has 6 rings (SSSR count). The van der Waals surface area contributed by atoms with Crippen LogP contribution < -0.4 is 10.1 Å². The Bertz CT molecular complexity index is 1440. The van der Waals surface area contributed by atoms with Crippen LogP contribution in [0, 0.1) is 0 Å². The normalized spacial score (nSPS) is 18.6. The van der Waals surface area contributed by atoms with Crippen molar-refractivity contribution in [1.29, 1.82) is 0 Å². The Morgan fingerprint density at radius 1 is 1.03 bits per heavy atom. The first kappa shape index (κ1) is 19.8. The first-order chi connectivity index (χ1) is 16.3. The minimum Gasteiger partial charge on any atom is -0.485 e. The van der Waals surface area contributed by atoms with Crippen molar-refractivity contribution in [1.82, 2.24) is 24.7 Å². The first-order valence-electron chi connectivity index (χ1n) is 11.1. The summed E-state index contributed by atoms with van der Waals surface area (Å²) < 4.78 is 22.5. The number of nitrogens with zero attached hydrogens (tertiary/aromatic N) is 4. The van der Waals surface area contributed by atoms with Gasteiger partial charge < -0.3 is 10.1 Å². The Morgan fingerprint density at radius 2 is 2.00 bits per heavy atom. The molecule has 1 saturated heterocycles. The van der Waals surface area contributed by atoms with E-state index in [2.05, 4.69) is 15.3 Å². The number of hydrogen-bond donors (Lipinski definition) is 1. The van der Waals surface area contributed by atoms with E-state index in [-0.39, 0.29) is 0 Å². The Morgan fingerprint density at radius 3 is 2.88 bits per heavy atom. The number of fused-ring (bicyclic) bond motifs is 2. The number of benzene rings is 1. The molecule has 0 saturated carbocycles. The number of imidazole rings is 1. The largest absolute Gasteiger partial charge is 0.485 e. The lowest BCUT2D eigenvalue weighted by molar-refractivity contribution is 0.0743. The molecule has 6 nitrogen and oxygen atoms in total. The van der Waals surface area contributed by atoms with Gasteiger partial charge in [-0.15, -0.1) is 0 Å². The fourth-order valence-corrected chi connectivity index (χ4v) is 4.33. The SMILES string of the molecule is F[C@H]1CNCC[C@@H]1Oc1cccc2ccc(-c3cnc4cc(-c5cccnc5)ccn34)nc12. The summed E-state index contributed by atoms with van der Waals surface area (Å²) in [4.78, 5) is 13.7. The summed E-state index contributed by atoms with van der Waals surface area (Å²) in [6.45, 7) is 1.06. The molecule has 5 heterocycles. The molecule has 0 amide bonds. The summed E-state index contributed by atoms with van der Waals surface area (Å²) >= 11 is 0. The molecule has 0 unspecified atom stereocenters. The van der Waals surface area contributed by atoms with Crippen molar-refractivity contribution >= 4 is 16.6 Å². The highest BCUT2D eigenvalue weighted by Crippen LogP contribution is 2.30. The number of ether oxygens (including phenoxy) is 1. The van der Waals surface area contributed by atoms with Gasteiger partial charge in [0.1, 0.15) is 29.2 Å². The lowest BCUT2D eigenvalue weighted by Gasteiger charge is -2.27. The highest BCUT2D eigenvalue weighted by molar-refractivity contribution is 5.86. The van der Waals surface area contributed by atoms with E-state index in [4.69, 9.17) is 9.72 Å². The average Bonchev–Trinajstić information content (AvgIpc) is 3.29. The number of para-hydroxylation sites is 1. The van der Waals surface area contributed by atoms with Crippen LogP contribution >= 0.6 is 0 Å². The molecular weight excluding hydrogens is 417 g/mol. The number of aromatic nitrogens is 4. The summed E-state index contributed by atoms with van der Waals surface area (Å²) in [5.41, 5.74) is 5.30. The van der Waals surface area contributed by atoms with E-state index in [1.165, 1.54) is 0 Å². The molecule has 1 aliphatic rings. The van der Waals surface area contributed by atoms with Gasteiger partial charge in [0.25, 0.3) is 0 Å². The summed E-state index contributed by atoms with van der Waals surface area (Å²) in [7, 11) is 0. The fourth-order valence-electron chi connectivity index (χ4n) is 4.33. The van der Waals surface area contributed by atoms with E-state index in [1.54, 1.807) is 6.20 Å². The van der Waals surface area contributed by atoms with Crippen LogP contribution in [-0.2, 0) is 0 Å². The molecule has 0 radical (unpaired) electrons. The van der Waals surface area contributed by atoms with Gasteiger partial charge in [-0.1, -0.05) is 24.3 Å². The van der Waals surface area contributed by atoms with Crippen LogP contribution in [0.15, 0.2) is 79.4 Å². The van der Waals surface area contributed by atoms with Gasteiger partial charge in [0.2, 0.25) is 0 Å². The van der Waals surface area contributed by atoms with Gasteiger partial charge >= 0.3 is 0 Å². The van der Waals surface area contributed by atoms with Gasteiger partial charge in [-0.2, -0.15) is 0 Å². The van der Waals surface area contributed by atoms with E-state index >= 15 is 0 Å². The maximum Gasteiger partial charge on any atom is 0.149 e. The van der Waals surface area contributed by atoms with Crippen molar-refractivity contribution in [3.63, 3.8) is 0 Å². The van der Waals surface area contributed by atoms with Gasteiger partial charge in [-0.05, 0) is 48.9 Å². The highest BCUT2D eigenvalue weighted by atomic mass is 19.1. The Labute approximate surface area is 190 Å². The third-order valence-corrected chi connectivity index (χ3v) is 6.08. The van der Waals surface area contributed by atoms with Gasteiger partial charge in [0.05, 0.1) is 17.6 Å². The van der Waals surface area contributed by atoms with Crippen LogP contribution in [0.4, 0.5) is 4.39 Å². The zero-order valence-electron chi connectivity index (χ0n) is 17.9. The zero-order valence-corrected chi connectivity index (χ0v) is 17.9. The molecule has 1 aromatic carbocycles. The number of alkyl halides is 1. The molecule has 2 atom stereocenters. The van der Waals surface area contributed by atoms with Crippen molar-refractivity contribution in [3.8, 4) is 28.3 Å². The molecule has 1 aliphatic heterocycles. The van der Waals surface area contributed by atoms with Crippen LogP contribution in [0.25, 0.3) is 39.1 Å². The molecule has 4 aromatic heterocycles. The van der Waals surface area contributed by atoms with Crippen molar-refractivity contribution in [3.05, 3.63) is 79.4 Å². The van der Waals surface area contributed by atoms with Crippen molar-refractivity contribution in [2.45, 2.75) is 18.7 Å². The summed E-state index contributed by atoms with van der Waals surface area (Å²) in [5.74, 6) is 0.608. The summed E-state index contributed by atoms with van der Waals surface area (Å²) in [6.07, 6.45) is 6.55.